The van der Waals surface area contributed by atoms with E-state index >= 15 is 0 Å². The van der Waals surface area contributed by atoms with Crippen molar-refractivity contribution in [1.29, 1.82) is 0 Å². The molecule has 0 saturated heterocycles. The predicted octanol–water partition coefficient (Wildman–Crippen LogP) is 3.95. The Kier molecular flexibility index (Phi) is 5.23. The van der Waals surface area contributed by atoms with E-state index in [9.17, 15) is 14.9 Å². The second-order valence-electron chi connectivity index (χ2n) is 6.09. The number of rotatable bonds is 5. The lowest BCUT2D eigenvalue weighted by atomic mass is 9.96. The van der Waals surface area contributed by atoms with E-state index in [-0.39, 0.29) is 11.6 Å². The number of carbonyl (C=O) groups excluding carboxylic acids is 1. The first-order valence-corrected chi connectivity index (χ1v) is 8.41. The third-order valence-corrected chi connectivity index (χ3v) is 4.39. The van der Waals surface area contributed by atoms with E-state index in [0.29, 0.717) is 17.4 Å². The number of amides is 1. The summed E-state index contributed by atoms with van der Waals surface area (Å²) in [5.74, 6) is 0.319. The van der Waals surface area contributed by atoms with Gasteiger partial charge in [0.25, 0.3) is 5.69 Å². The van der Waals surface area contributed by atoms with E-state index in [1.807, 2.05) is 4.68 Å². The zero-order chi connectivity index (χ0) is 17.6. The SMILES string of the molecule is O=C(C=Cc1ccccc1[N+](=O)[O-])Nc1ccnn1C1CCCCC1. The van der Waals surface area contributed by atoms with Crippen LogP contribution < -0.4 is 5.32 Å². The number of nitrogens with zero attached hydrogens (tertiary/aromatic N) is 3. The monoisotopic (exact) mass is 340 g/mol. The molecule has 1 fully saturated rings. The van der Waals surface area contributed by atoms with Crippen molar-refractivity contribution in [3.8, 4) is 0 Å². The molecule has 1 aliphatic carbocycles. The number of nitro groups is 1. The van der Waals surface area contributed by atoms with Gasteiger partial charge < -0.3 is 5.32 Å². The Morgan fingerprint density at radius 3 is 2.76 bits per heavy atom. The summed E-state index contributed by atoms with van der Waals surface area (Å²) in [5, 5.41) is 18.2. The average molecular weight is 340 g/mol. The maximum Gasteiger partial charge on any atom is 0.276 e. The van der Waals surface area contributed by atoms with E-state index in [1.54, 1.807) is 30.5 Å². The molecule has 3 rings (SSSR count). The second kappa shape index (κ2) is 7.74. The van der Waals surface area contributed by atoms with Crippen molar-refractivity contribution in [2.45, 2.75) is 38.1 Å². The van der Waals surface area contributed by atoms with Gasteiger partial charge in [-0.15, -0.1) is 0 Å². The highest BCUT2D eigenvalue weighted by atomic mass is 16.6. The predicted molar refractivity (Wildman–Crippen MR) is 95.1 cm³/mol. The highest BCUT2D eigenvalue weighted by Crippen LogP contribution is 2.29. The van der Waals surface area contributed by atoms with Crippen LogP contribution in [-0.4, -0.2) is 20.6 Å². The normalized spacial score (nSPS) is 15.4. The molecule has 0 spiro atoms. The topological polar surface area (TPSA) is 90.1 Å². The maximum absolute atomic E-state index is 12.2. The molecule has 130 valence electrons. The molecule has 1 aromatic heterocycles. The van der Waals surface area contributed by atoms with Gasteiger partial charge in [0.15, 0.2) is 0 Å². The van der Waals surface area contributed by atoms with Crippen LogP contribution in [0.2, 0.25) is 0 Å². The molecule has 0 unspecified atom stereocenters. The van der Waals surface area contributed by atoms with E-state index in [4.69, 9.17) is 0 Å². The van der Waals surface area contributed by atoms with Crippen molar-refractivity contribution in [3.63, 3.8) is 0 Å². The summed E-state index contributed by atoms with van der Waals surface area (Å²) in [5.41, 5.74) is 0.363. The number of carbonyl (C=O) groups is 1. The molecule has 0 atom stereocenters. The van der Waals surface area contributed by atoms with Crippen LogP contribution in [0.1, 0.15) is 43.7 Å². The lowest BCUT2D eigenvalue weighted by Gasteiger charge is -2.23. The van der Waals surface area contributed by atoms with Gasteiger partial charge in [-0.05, 0) is 25.0 Å². The van der Waals surface area contributed by atoms with Crippen LogP contribution in [0, 0.1) is 10.1 Å². The van der Waals surface area contributed by atoms with Gasteiger partial charge in [-0.1, -0.05) is 31.4 Å². The van der Waals surface area contributed by atoms with Crippen LogP contribution in [-0.2, 0) is 4.79 Å². The molecule has 1 saturated carbocycles. The lowest BCUT2D eigenvalue weighted by Crippen LogP contribution is -2.19. The summed E-state index contributed by atoms with van der Waals surface area (Å²) >= 11 is 0. The number of hydrogen-bond acceptors (Lipinski definition) is 4. The van der Waals surface area contributed by atoms with Crippen molar-refractivity contribution < 1.29 is 9.72 Å². The number of para-hydroxylation sites is 1. The fourth-order valence-corrected chi connectivity index (χ4v) is 3.16. The average Bonchev–Trinajstić information content (AvgIpc) is 3.09. The molecular formula is C18H20N4O3. The van der Waals surface area contributed by atoms with Gasteiger partial charge in [0.2, 0.25) is 5.91 Å². The Morgan fingerprint density at radius 2 is 2.00 bits per heavy atom. The first-order chi connectivity index (χ1) is 12.1. The number of anilines is 1. The van der Waals surface area contributed by atoms with Crippen LogP contribution in [0.3, 0.4) is 0 Å². The summed E-state index contributed by atoms with van der Waals surface area (Å²) in [4.78, 5) is 22.7. The molecule has 1 aromatic carbocycles. The van der Waals surface area contributed by atoms with Crippen molar-refractivity contribution in [2.24, 2.45) is 0 Å². The Balaban J connectivity index is 1.69. The summed E-state index contributed by atoms with van der Waals surface area (Å²) in [6.07, 6.45) is 10.2. The minimum Gasteiger partial charge on any atom is -0.307 e. The molecule has 7 heteroatoms. The standard InChI is InChI=1S/C18H20N4O3/c23-18(11-10-14-6-4-5-9-16(14)22(24)25)20-17-12-13-19-21(17)15-7-2-1-3-8-15/h4-6,9-13,15H,1-3,7-8H2,(H,20,23). The lowest BCUT2D eigenvalue weighted by molar-refractivity contribution is -0.385. The van der Waals surface area contributed by atoms with Gasteiger partial charge in [-0.25, -0.2) is 4.68 Å². The summed E-state index contributed by atoms with van der Waals surface area (Å²) in [6, 6.07) is 8.40. The van der Waals surface area contributed by atoms with Gasteiger partial charge in [-0.3, -0.25) is 14.9 Å². The zero-order valence-corrected chi connectivity index (χ0v) is 13.8. The molecule has 25 heavy (non-hydrogen) atoms. The number of benzene rings is 1. The van der Waals surface area contributed by atoms with Crippen LogP contribution in [0.5, 0.6) is 0 Å². The highest BCUT2D eigenvalue weighted by Gasteiger charge is 2.18. The fraction of sp³-hybridized carbons (Fsp3) is 0.333. The highest BCUT2D eigenvalue weighted by molar-refractivity contribution is 6.01. The second-order valence-corrected chi connectivity index (χ2v) is 6.09. The summed E-state index contributed by atoms with van der Waals surface area (Å²) in [6.45, 7) is 0. The van der Waals surface area contributed by atoms with E-state index in [1.165, 1.54) is 37.5 Å². The van der Waals surface area contributed by atoms with Crippen LogP contribution in [0.25, 0.3) is 6.08 Å². The number of nitro benzene ring substituents is 1. The first kappa shape index (κ1) is 16.9. The summed E-state index contributed by atoms with van der Waals surface area (Å²) < 4.78 is 1.87. The van der Waals surface area contributed by atoms with Crippen molar-refractivity contribution >= 4 is 23.5 Å². The molecule has 0 bridgehead atoms. The third-order valence-electron chi connectivity index (χ3n) is 4.39. The maximum atomic E-state index is 12.2. The molecule has 7 nitrogen and oxygen atoms in total. The number of nitrogens with one attached hydrogen (secondary N) is 1. The molecule has 0 aliphatic heterocycles. The molecular weight excluding hydrogens is 320 g/mol. The number of hydrogen-bond donors (Lipinski definition) is 1. The fourth-order valence-electron chi connectivity index (χ4n) is 3.16. The molecule has 2 aromatic rings. The Morgan fingerprint density at radius 1 is 1.24 bits per heavy atom. The minimum atomic E-state index is -0.463. The van der Waals surface area contributed by atoms with Crippen LogP contribution in [0.15, 0.2) is 42.6 Å². The zero-order valence-electron chi connectivity index (χ0n) is 13.8. The third kappa shape index (κ3) is 4.12. The molecule has 1 N–H and O–H groups in total. The van der Waals surface area contributed by atoms with Gasteiger partial charge in [-0.2, -0.15) is 5.10 Å². The van der Waals surface area contributed by atoms with E-state index in [2.05, 4.69) is 10.4 Å². The van der Waals surface area contributed by atoms with Gasteiger partial charge >= 0.3 is 0 Å². The Bertz CT molecular complexity index is 791. The van der Waals surface area contributed by atoms with Crippen LogP contribution in [0.4, 0.5) is 11.5 Å². The van der Waals surface area contributed by atoms with Crippen molar-refractivity contribution in [3.05, 3.63) is 58.3 Å². The Hall–Kier alpha value is -2.96. The van der Waals surface area contributed by atoms with Crippen LogP contribution >= 0.6 is 0 Å². The molecule has 1 amide bonds. The van der Waals surface area contributed by atoms with E-state index < -0.39 is 4.92 Å². The minimum absolute atomic E-state index is 0.0289. The first-order valence-electron chi connectivity index (χ1n) is 8.41. The molecule has 1 heterocycles. The van der Waals surface area contributed by atoms with Gasteiger partial charge in [0, 0.05) is 18.2 Å². The largest absolute Gasteiger partial charge is 0.307 e. The van der Waals surface area contributed by atoms with E-state index in [0.717, 1.165) is 12.8 Å². The van der Waals surface area contributed by atoms with Crippen molar-refractivity contribution in [2.75, 3.05) is 5.32 Å². The molecule has 0 radical (unpaired) electrons. The summed E-state index contributed by atoms with van der Waals surface area (Å²) in [7, 11) is 0. The number of aromatic nitrogens is 2. The van der Waals surface area contributed by atoms with Gasteiger partial charge in [0.1, 0.15) is 5.82 Å². The molecule has 1 aliphatic rings. The van der Waals surface area contributed by atoms with Crippen molar-refractivity contribution in [1.82, 2.24) is 9.78 Å². The Labute approximate surface area is 145 Å². The smallest absolute Gasteiger partial charge is 0.276 e. The van der Waals surface area contributed by atoms with Gasteiger partial charge in [0.05, 0.1) is 22.7 Å². The quantitative estimate of drug-likeness (QED) is 0.507.